The van der Waals surface area contributed by atoms with Crippen molar-refractivity contribution in [2.24, 2.45) is 17.3 Å². The van der Waals surface area contributed by atoms with E-state index in [2.05, 4.69) is 16.9 Å². The van der Waals surface area contributed by atoms with Gasteiger partial charge >= 0.3 is 18.3 Å². The van der Waals surface area contributed by atoms with Crippen LogP contribution in [0.15, 0.2) is 18.6 Å². The first kappa shape index (κ1) is 39.1. The van der Waals surface area contributed by atoms with Crippen molar-refractivity contribution in [1.82, 2.24) is 29.2 Å². The van der Waals surface area contributed by atoms with Crippen molar-refractivity contribution >= 4 is 41.0 Å². The second kappa shape index (κ2) is 14.9. The van der Waals surface area contributed by atoms with Crippen LogP contribution in [0.2, 0.25) is 0 Å². The minimum Gasteiger partial charge on any atom is -0.445 e. The first-order chi connectivity index (χ1) is 25.4. The Kier molecular flexibility index (Phi) is 10.8. The van der Waals surface area contributed by atoms with E-state index in [1.165, 1.54) is 10.9 Å². The molecule has 4 aliphatic rings. The van der Waals surface area contributed by atoms with Gasteiger partial charge in [-0.1, -0.05) is 6.92 Å². The molecule has 1 aliphatic carbocycles. The highest BCUT2D eigenvalue weighted by molar-refractivity contribution is 5.93. The Balaban J connectivity index is 1.13. The Morgan fingerprint density at radius 2 is 1.65 bits per heavy atom. The van der Waals surface area contributed by atoms with Crippen LogP contribution < -0.4 is 4.90 Å². The Bertz CT molecular complexity index is 1780. The summed E-state index contributed by atoms with van der Waals surface area (Å²) in [5.74, 6) is 0.224. The van der Waals surface area contributed by atoms with Crippen LogP contribution in [0.25, 0.3) is 11.0 Å². The van der Waals surface area contributed by atoms with Crippen LogP contribution in [0.4, 0.5) is 20.2 Å². The lowest BCUT2D eigenvalue weighted by Gasteiger charge is -2.57. The molecule has 1 spiro atoms. The quantitative estimate of drug-likeness (QED) is 0.395. The molecular formula is C38H54N8O8. The SMILES string of the molecule is C[C@@H]1C(CC(C)(C)OC(=O)N2CC3(CC(O)C3)C2)CN(C(=O)CC#N)C[C@@H]1N(C)c1ncnc2c1ccn2C(=O)OC1CCN(C(=O)OC(C)(C)C)CC1. The molecule has 54 heavy (non-hydrogen) atoms. The van der Waals surface area contributed by atoms with E-state index < -0.39 is 17.3 Å². The predicted octanol–water partition coefficient (Wildman–Crippen LogP) is 4.39. The number of aliphatic hydroxyl groups is 1. The molecular weight excluding hydrogens is 696 g/mol. The third-order valence-electron chi connectivity index (χ3n) is 11.4. The smallest absolute Gasteiger partial charge is 0.419 e. The average Bonchev–Trinajstić information content (AvgIpc) is 3.50. The van der Waals surface area contributed by atoms with Crippen molar-refractivity contribution in [3.63, 3.8) is 0 Å². The molecule has 16 nitrogen and oxygen atoms in total. The van der Waals surface area contributed by atoms with Crippen molar-refractivity contribution in [3.8, 4) is 6.07 Å². The minimum absolute atomic E-state index is 0.00599. The third kappa shape index (κ3) is 8.35. The molecule has 1 saturated carbocycles. The number of carbonyl (C=O) groups is 4. The summed E-state index contributed by atoms with van der Waals surface area (Å²) in [7, 11) is 1.90. The summed E-state index contributed by atoms with van der Waals surface area (Å²) in [4.78, 5) is 68.3. The minimum atomic E-state index is -0.839. The predicted molar refractivity (Wildman–Crippen MR) is 196 cm³/mol. The first-order valence-electron chi connectivity index (χ1n) is 18.9. The van der Waals surface area contributed by atoms with Crippen LogP contribution >= 0.6 is 0 Å². The lowest BCUT2D eigenvalue weighted by Crippen LogP contribution is -2.65. The molecule has 1 unspecified atom stereocenters. The van der Waals surface area contributed by atoms with Crippen LogP contribution in [-0.2, 0) is 19.0 Å². The van der Waals surface area contributed by atoms with Crippen molar-refractivity contribution in [1.29, 1.82) is 5.26 Å². The maximum Gasteiger partial charge on any atom is 0.419 e. The highest BCUT2D eigenvalue weighted by atomic mass is 16.6. The fraction of sp³-hybridized carbons (Fsp3) is 0.711. The molecule has 1 N–H and O–H groups in total. The zero-order chi connectivity index (χ0) is 39.2. The summed E-state index contributed by atoms with van der Waals surface area (Å²) in [6.45, 7) is 14.1. The molecule has 2 aromatic heterocycles. The average molecular weight is 751 g/mol. The maximum atomic E-state index is 13.4. The molecule has 3 aliphatic heterocycles. The van der Waals surface area contributed by atoms with Gasteiger partial charge in [0, 0.05) is 70.8 Å². The summed E-state index contributed by atoms with van der Waals surface area (Å²) in [6, 6.07) is 3.51. The fourth-order valence-electron chi connectivity index (χ4n) is 8.61. The molecule has 3 atom stereocenters. The zero-order valence-electron chi connectivity index (χ0n) is 32.5. The molecule has 3 saturated heterocycles. The molecule has 4 fully saturated rings. The summed E-state index contributed by atoms with van der Waals surface area (Å²) in [5.41, 5.74) is -1.04. The number of piperidine rings is 2. The van der Waals surface area contributed by atoms with Crippen LogP contribution in [-0.4, -0.2) is 134 Å². The van der Waals surface area contributed by atoms with E-state index in [1.54, 1.807) is 27.0 Å². The number of hydrogen-bond donors (Lipinski definition) is 1. The fourth-order valence-corrected chi connectivity index (χ4v) is 8.61. The van der Waals surface area contributed by atoms with Crippen LogP contribution in [0.1, 0.15) is 80.1 Å². The van der Waals surface area contributed by atoms with Gasteiger partial charge in [0.25, 0.3) is 0 Å². The van der Waals surface area contributed by atoms with Crippen LogP contribution in [0.5, 0.6) is 0 Å². The molecule has 0 bridgehead atoms. The molecule has 6 rings (SSSR count). The van der Waals surface area contributed by atoms with Gasteiger partial charge in [-0.2, -0.15) is 5.26 Å². The number of aliphatic hydroxyl groups excluding tert-OH is 1. The van der Waals surface area contributed by atoms with E-state index in [-0.39, 0.29) is 60.0 Å². The van der Waals surface area contributed by atoms with E-state index in [0.29, 0.717) is 88.2 Å². The number of hydrogen-bond acceptors (Lipinski definition) is 12. The standard InChI is InChI=1S/C38H54N8O8/c1-24-25(16-37(5,6)54-34(50)45-21-38(22-45)17-26(47)18-38)19-44(30(48)8-12-39)20-29(24)42(7)31-28-11-15-46(32(28)41-23-40-31)35(51)52-27-9-13-43(14-10-27)33(49)53-36(2,3)4/h11,15,23-27,29,47H,8-10,13-14,16-22H2,1-7H3/t24-,25?,29+/m1/s1. The number of amides is 3. The second-order valence-corrected chi connectivity index (χ2v) is 17.4. The largest absolute Gasteiger partial charge is 0.445 e. The van der Waals surface area contributed by atoms with Gasteiger partial charge in [0.05, 0.1) is 23.6 Å². The van der Waals surface area contributed by atoms with Gasteiger partial charge in [-0.05, 0) is 71.8 Å². The van der Waals surface area contributed by atoms with Crippen LogP contribution in [0.3, 0.4) is 0 Å². The van der Waals surface area contributed by atoms with Gasteiger partial charge in [0.15, 0.2) is 5.65 Å². The molecule has 16 heteroatoms. The lowest BCUT2D eigenvalue weighted by atomic mass is 9.62. The Morgan fingerprint density at radius 3 is 2.28 bits per heavy atom. The maximum absolute atomic E-state index is 13.4. The van der Waals surface area contributed by atoms with E-state index in [4.69, 9.17) is 14.2 Å². The molecule has 5 heterocycles. The topological polar surface area (TPSA) is 184 Å². The number of likely N-dealkylation sites (tertiary alicyclic amines) is 3. The van der Waals surface area contributed by atoms with Crippen molar-refractivity contribution in [2.75, 3.05) is 51.2 Å². The molecule has 2 aromatic rings. The Hall–Kier alpha value is -4.65. The number of carbonyl (C=O) groups excluding carboxylic acids is 4. The van der Waals surface area contributed by atoms with Gasteiger partial charge < -0.3 is 38.9 Å². The summed E-state index contributed by atoms with van der Waals surface area (Å²) in [6.07, 6.45) is 3.63. The van der Waals surface area contributed by atoms with E-state index in [0.717, 1.165) is 0 Å². The number of anilines is 1. The van der Waals surface area contributed by atoms with Gasteiger partial charge in [-0.25, -0.2) is 28.9 Å². The number of nitriles is 1. The number of ether oxygens (including phenoxy) is 3. The summed E-state index contributed by atoms with van der Waals surface area (Å²) >= 11 is 0. The monoisotopic (exact) mass is 750 g/mol. The number of likely N-dealkylation sites (N-methyl/N-ethyl adjacent to an activating group) is 1. The highest BCUT2D eigenvalue weighted by Crippen LogP contribution is 2.48. The van der Waals surface area contributed by atoms with E-state index in [1.807, 2.05) is 52.6 Å². The molecule has 3 amide bonds. The zero-order valence-corrected chi connectivity index (χ0v) is 32.5. The molecule has 294 valence electrons. The van der Waals surface area contributed by atoms with Gasteiger partial charge in [0.2, 0.25) is 5.91 Å². The van der Waals surface area contributed by atoms with E-state index in [9.17, 15) is 29.5 Å². The molecule has 0 aromatic carbocycles. The second-order valence-electron chi connectivity index (χ2n) is 17.4. The summed E-state index contributed by atoms with van der Waals surface area (Å²) < 4.78 is 18.7. The van der Waals surface area contributed by atoms with Crippen LogP contribution in [0, 0.1) is 28.6 Å². The van der Waals surface area contributed by atoms with Crippen molar-refractivity contribution < 1.29 is 38.5 Å². The molecule has 0 radical (unpaired) electrons. The Morgan fingerprint density at radius 1 is 0.981 bits per heavy atom. The number of rotatable bonds is 7. The lowest BCUT2D eigenvalue weighted by molar-refractivity contribution is -0.135. The van der Waals surface area contributed by atoms with Gasteiger partial charge in [-0.15, -0.1) is 0 Å². The normalized spacial score (nSPS) is 23.3. The van der Waals surface area contributed by atoms with Crippen molar-refractivity contribution in [3.05, 3.63) is 18.6 Å². The highest BCUT2D eigenvalue weighted by Gasteiger charge is 2.54. The Labute approximate surface area is 316 Å². The van der Waals surface area contributed by atoms with Gasteiger partial charge in [0.1, 0.15) is 35.9 Å². The number of fused-ring (bicyclic) bond motifs is 1. The van der Waals surface area contributed by atoms with Gasteiger partial charge in [-0.3, -0.25) is 4.79 Å². The van der Waals surface area contributed by atoms with Crippen molar-refractivity contribution in [2.45, 2.75) is 110 Å². The third-order valence-corrected chi connectivity index (χ3v) is 11.4. The number of nitrogens with zero attached hydrogens (tertiary/aromatic N) is 8. The summed E-state index contributed by atoms with van der Waals surface area (Å²) in [5, 5.41) is 19.7. The number of aromatic nitrogens is 3. The van der Waals surface area contributed by atoms with E-state index >= 15 is 0 Å². The first-order valence-corrected chi connectivity index (χ1v) is 18.9.